The second-order valence-electron chi connectivity index (χ2n) is 5.42. The SMILES string of the molecule is C=CCN1C(=O)c2ccccc2N[C@H]1c1ccccc1OC(F)(F)F. The molecule has 2 aromatic carbocycles. The fourth-order valence-electron chi connectivity index (χ4n) is 2.79. The number of carbonyl (C=O) groups excluding carboxylic acids is 1. The Morgan fingerprint density at radius 2 is 1.84 bits per heavy atom. The van der Waals surface area contributed by atoms with E-state index in [0.29, 0.717) is 11.3 Å². The van der Waals surface area contributed by atoms with E-state index >= 15 is 0 Å². The topological polar surface area (TPSA) is 41.6 Å². The highest BCUT2D eigenvalue weighted by Crippen LogP contribution is 2.38. The second kappa shape index (κ2) is 6.51. The van der Waals surface area contributed by atoms with Gasteiger partial charge in [-0.15, -0.1) is 19.8 Å². The second-order valence-corrected chi connectivity index (χ2v) is 5.42. The van der Waals surface area contributed by atoms with Gasteiger partial charge in [-0.05, 0) is 18.2 Å². The van der Waals surface area contributed by atoms with Crippen LogP contribution >= 0.6 is 0 Å². The maximum atomic E-state index is 12.8. The number of fused-ring (bicyclic) bond motifs is 1. The van der Waals surface area contributed by atoms with Crippen LogP contribution in [0.3, 0.4) is 0 Å². The maximum Gasteiger partial charge on any atom is 0.573 e. The van der Waals surface area contributed by atoms with E-state index in [1.165, 1.54) is 29.2 Å². The minimum Gasteiger partial charge on any atom is -0.405 e. The van der Waals surface area contributed by atoms with Crippen molar-refractivity contribution in [3.05, 3.63) is 72.3 Å². The Hall–Kier alpha value is -2.96. The van der Waals surface area contributed by atoms with Crippen LogP contribution in [0, 0.1) is 0 Å². The van der Waals surface area contributed by atoms with Crippen LogP contribution in [0.2, 0.25) is 0 Å². The minimum atomic E-state index is -4.82. The first kappa shape index (κ1) is 16.9. The Morgan fingerprint density at radius 3 is 2.56 bits per heavy atom. The van der Waals surface area contributed by atoms with E-state index in [1.807, 2.05) is 0 Å². The van der Waals surface area contributed by atoms with Gasteiger partial charge in [0.15, 0.2) is 0 Å². The minimum absolute atomic E-state index is 0.172. The molecule has 0 aliphatic carbocycles. The van der Waals surface area contributed by atoms with E-state index in [2.05, 4.69) is 16.6 Å². The lowest BCUT2D eigenvalue weighted by molar-refractivity contribution is -0.275. The first-order valence-corrected chi connectivity index (χ1v) is 7.53. The molecule has 1 atom stereocenters. The standard InChI is InChI=1S/C18H15F3N2O2/c1-2-11-23-16(22-14-9-5-3-7-12(14)17(23)24)13-8-4-6-10-15(13)25-18(19,20)21/h2-10,16,22H,1,11H2/t16-/m1/s1. The molecule has 0 saturated carbocycles. The van der Waals surface area contributed by atoms with Crippen molar-refractivity contribution in [1.29, 1.82) is 0 Å². The van der Waals surface area contributed by atoms with Crippen molar-refractivity contribution in [2.24, 2.45) is 0 Å². The summed E-state index contributed by atoms with van der Waals surface area (Å²) in [6.45, 7) is 3.79. The first-order chi connectivity index (χ1) is 11.9. The van der Waals surface area contributed by atoms with E-state index < -0.39 is 12.5 Å². The van der Waals surface area contributed by atoms with Gasteiger partial charge in [0, 0.05) is 17.8 Å². The molecule has 1 N–H and O–H groups in total. The molecule has 25 heavy (non-hydrogen) atoms. The predicted molar refractivity (Wildman–Crippen MR) is 87.2 cm³/mol. The van der Waals surface area contributed by atoms with E-state index in [-0.39, 0.29) is 23.8 Å². The van der Waals surface area contributed by atoms with Gasteiger partial charge in [-0.2, -0.15) is 0 Å². The zero-order valence-electron chi connectivity index (χ0n) is 13.1. The van der Waals surface area contributed by atoms with Crippen molar-refractivity contribution < 1.29 is 22.7 Å². The number of rotatable bonds is 4. The number of nitrogens with zero attached hydrogens (tertiary/aromatic N) is 1. The van der Waals surface area contributed by atoms with Crippen LogP contribution in [0.4, 0.5) is 18.9 Å². The number of hydrogen-bond acceptors (Lipinski definition) is 3. The molecule has 3 rings (SSSR count). The lowest BCUT2D eigenvalue weighted by atomic mass is 10.0. The number of halogens is 3. The summed E-state index contributed by atoms with van der Waals surface area (Å²) >= 11 is 0. The molecule has 1 amide bonds. The summed E-state index contributed by atoms with van der Waals surface area (Å²) in [5.74, 6) is -0.644. The Balaban J connectivity index is 2.06. The quantitative estimate of drug-likeness (QED) is 0.836. The van der Waals surface area contributed by atoms with Crippen LogP contribution < -0.4 is 10.1 Å². The van der Waals surface area contributed by atoms with Gasteiger partial charge in [-0.1, -0.05) is 36.4 Å². The van der Waals surface area contributed by atoms with Crippen molar-refractivity contribution in [3.8, 4) is 5.75 Å². The fraction of sp³-hybridized carbons (Fsp3) is 0.167. The van der Waals surface area contributed by atoms with Crippen molar-refractivity contribution >= 4 is 11.6 Å². The number of hydrogen-bond donors (Lipinski definition) is 1. The third-order valence-corrected chi connectivity index (χ3v) is 3.79. The fourth-order valence-corrected chi connectivity index (χ4v) is 2.79. The van der Waals surface area contributed by atoms with E-state index in [4.69, 9.17) is 0 Å². The van der Waals surface area contributed by atoms with Gasteiger partial charge >= 0.3 is 6.36 Å². The number of para-hydroxylation sites is 2. The normalized spacial score (nSPS) is 16.8. The summed E-state index contributed by atoms with van der Waals surface area (Å²) in [4.78, 5) is 14.2. The first-order valence-electron chi connectivity index (χ1n) is 7.53. The van der Waals surface area contributed by atoms with Crippen molar-refractivity contribution in [2.45, 2.75) is 12.5 Å². The molecule has 7 heteroatoms. The molecule has 0 aromatic heterocycles. The lowest BCUT2D eigenvalue weighted by Crippen LogP contribution is -2.43. The summed E-state index contributed by atoms with van der Waals surface area (Å²) in [6, 6.07) is 12.6. The average molecular weight is 348 g/mol. The predicted octanol–water partition coefficient (Wildman–Crippen LogP) is 4.34. The van der Waals surface area contributed by atoms with Crippen LogP contribution in [0.5, 0.6) is 5.75 Å². The van der Waals surface area contributed by atoms with E-state index in [1.54, 1.807) is 30.3 Å². The van der Waals surface area contributed by atoms with Gasteiger partial charge in [-0.3, -0.25) is 4.79 Å². The number of carbonyl (C=O) groups is 1. The molecule has 130 valence electrons. The lowest BCUT2D eigenvalue weighted by Gasteiger charge is -2.38. The van der Waals surface area contributed by atoms with Crippen LogP contribution in [0.25, 0.3) is 0 Å². The third-order valence-electron chi connectivity index (χ3n) is 3.79. The van der Waals surface area contributed by atoms with Crippen LogP contribution in [0.1, 0.15) is 22.1 Å². The molecular formula is C18H15F3N2O2. The van der Waals surface area contributed by atoms with Gasteiger partial charge in [0.25, 0.3) is 5.91 Å². The maximum absolute atomic E-state index is 12.8. The molecule has 0 unspecified atom stereocenters. The number of alkyl halides is 3. The van der Waals surface area contributed by atoms with Crippen LogP contribution in [0.15, 0.2) is 61.2 Å². The molecule has 1 heterocycles. The van der Waals surface area contributed by atoms with Gasteiger partial charge < -0.3 is 15.0 Å². The molecule has 0 bridgehead atoms. The molecule has 0 radical (unpaired) electrons. The van der Waals surface area contributed by atoms with Gasteiger partial charge in [0.2, 0.25) is 0 Å². The molecule has 2 aromatic rings. The zero-order valence-corrected chi connectivity index (χ0v) is 13.1. The molecule has 1 aliphatic heterocycles. The number of benzene rings is 2. The molecule has 4 nitrogen and oxygen atoms in total. The highest BCUT2D eigenvalue weighted by Gasteiger charge is 2.37. The Morgan fingerprint density at radius 1 is 1.16 bits per heavy atom. The number of amides is 1. The summed E-state index contributed by atoms with van der Waals surface area (Å²) < 4.78 is 42.3. The van der Waals surface area contributed by atoms with E-state index in [9.17, 15) is 18.0 Å². The van der Waals surface area contributed by atoms with Crippen LogP contribution in [-0.2, 0) is 0 Å². The highest BCUT2D eigenvalue weighted by atomic mass is 19.4. The molecular weight excluding hydrogens is 333 g/mol. The highest BCUT2D eigenvalue weighted by molar-refractivity contribution is 6.01. The number of anilines is 1. The zero-order chi connectivity index (χ0) is 18.0. The largest absolute Gasteiger partial charge is 0.573 e. The Kier molecular flexibility index (Phi) is 4.39. The van der Waals surface area contributed by atoms with Gasteiger partial charge in [-0.25, -0.2) is 0 Å². The summed E-state index contributed by atoms with van der Waals surface area (Å²) in [7, 11) is 0. The van der Waals surface area contributed by atoms with Gasteiger partial charge in [0.05, 0.1) is 5.56 Å². The molecule has 1 aliphatic rings. The van der Waals surface area contributed by atoms with Gasteiger partial charge in [0.1, 0.15) is 11.9 Å². The Labute approximate surface area is 142 Å². The number of nitrogens with one attached hydrogen (secondary N) is 1. The van der Waals surface area contributed by atoms with Crippen molar-refractivity contribution in [3.63, 3.8) is 0 Å². The third kappa shape index (κ3) is 3.45. The smallest absolute Gasteiger partial charge is 0.405 e. The molecule has 0 saturated heterocycles. The monoisotopic (exact) mass is 348 g/mol. The van der Waals surface area contributed by atoms with Crippen molar-refractivity contribution in [1.82, 2.24) is 4.90 Å². The summed E-state index contributed by atoms with van der Waals surface area (Å²) in [5.41, 5.74) is 1.22. The summed E-state index contributed by atoms with van der Waals surface area (Å²) in [6.07, 6.45) is -4.11. The average Bonchev–Trinajstić information content (AvgIpc) is 2.57. The van der Waals surface area contributed by atoms with E-state index in [0.717, 1.165) is 0 Å². The van der Waals surface area contributed by atoms with Crippen molar-refractivity contribution in [2.75, 3.05) is 11.9 Å². The number of ether oxygens (including phenoxy) is 1. The molecule has 0 spiro atoms. The Bertz CT molecular complexity index is 805. The van der Waals surface area contributed by atoms with Crippen LogP contribution in [-0.4, -0.2) is 23.7 Å². The molecule has 0 fully saturated rings. The summed E-state index contributed by atoms with van der Waals surface area (Å²) in [5, 5.41) is 3.11.